The molecule has 136 valence electrons. The first-order valence-corrected chi connectivity index (χ1v) is 9.75. The number of hydrogen-bond donors (Lipinski definition) is 0. The highest BCUT2D eigenvalue weighted by atomic mass is 16.5. The molecule has 1 aliphatic heterocycles. The van der Waals surface area contributed by atoms with Gasteiger partial charge in [-0.15, -0.1) is 0 Å². The molecule has 1 fully saturated rings. The maximum atomic E-state index is 13.1. The third kappa shape index (κ3) is 3.35. The number of para-hydroxylation sites is 1. The van der Waals surface area contributed by atoms with E-state index in [2.05, 4.69) is 41.3 Å². The van der Waals surface area contributed by atoms with Crippen LogP contribution in [0.1, 0.15) is 48.3 Å². The van der Waals surface area contributed by atoms with E-state index in [-0.39, 0.29) is 0 Å². The number of carbonyl (C=O) groups excluding carboxylic acids is 1. The van der Waals surface area contributed by atoms with Crippen LogP contribution in [0.25, 0.3) is 0 Å². The number of aryl methyl sites for hydroxylation is 1. The molecule has 0 spiro atoms. The van der Waals surface area contributed by atoms with Crippen LogP contribution in [0, 0.1) is 0 Å². The second-order valence-electron chi connectivity index (χ2n) is 7.54. The Morgan fingerprint density at radius 2 is 1.92 bits per heavy atom. The van der Waals surface area contributed by atoms with Crippen LogP contribution in [0.5, 0.6) is 5.75 Å². The van der Waals surface area contributed by atoms with E-state index >= 15 is 0 Å². The number of likely N-dealkylation sites (tertiary alicyclic amines) is 1. The van der Waals surface area contributed by atoms with E-state index in [9.17, 15) is 4.79 Å². The quantitative estimate of drug-likeness (QED) is 0.803. The zero-order valence-electron chi connectivity index (χ0n) is 15.5. The molecule has 3 heteroatoms. The number of rotatable bonds is 5. The fraction of sp³-hybridized carbons (Fsp3) is 0.435. The summed E-state index contributed by atoms with van der Waals surface area (Å²) in [5, 5.41) is 0. The van der Waals surface area contributed by atoms with E-state index < -0.39 is 0 Å². The first-order valence-electron chi connectivity index (χ1n) is 9.75. The van der Waals surface area contributed by atoms with Crippen molar-refractivity contribution in [3.8, 4) is 5.75 Å². The van der Waals surface area contributed by atoms with Crippen LogP contribution in [-0.2, 0) is 17.6 Å². The van der Waals surface area contributed by atoms with Crippen molar-refractivity contribution < 1.29 is 9.53 Å². The zero-order chi connectivity index (χ0) is 17.9. The molecule has 1 aliphatic carbocycles. The molecule has 0 radical (unpaired) electrons. The third-order valence-electron chi connectivity index (χ3n) is 6.02. The highest BCUT2D eigenvalue weighted by molar-refractivity contribution is 5.78. The molecule has 1 heterocycles. The molecule has 2 unspecified atom stereocenters. The van der Waals surface area contributed by atoms with Crippen molar-refractivity contribution in [1.29, 1.82) is 0 Å². The van der Waals surface area contributed by atoms with E-state index in [1.54, 1.807) is 7.11 Å². The van der Waals surface area contributed by atoms with Gasteiger partial charge in [0.2, 0.25) is 5.91 Å². The van der Waals surface area contributed by atoms with Crippen LogP contribution in [0.3, 0.4) is 0 Å². The minimum Gasteiger partial charge on any atom is -0.496 e. The fourth-order valence-corrected chi connectivity index (χ4v) is 4.69. The summed E-state index contributed by atoms with van der Waals surface area (Å²) in [6.07, 6.45) is 5.95. The average molecular weight is 349 g/mol. The second kappa shape index (κ2) is 7.53. The van der Waals surface area contributed by atoms with Crippen LogP contribution in [0.15, 0.2) is 48.5 Å². The summed E-state index contributed by atoms with van der Waals surface area (Å²) in [4.78, 5) is 15.2. The van der Waals surface area contributed by atoms with Gasteiger partial charge in [-0.1, -0.05) is 42.5 Å². The molecule has 4 rings (SSSR count). The SMILES string of the molecule is COc1ccccc1CC1CCCN1C(=O)CC1CCc2ccccc21. The third-order valence-corrected chi connectivity index (χ3v) is 6.02. The number of nitrogens with zero attached hydrogens (tertiary/aromatic N) is 1. The fourth-order valence-electron chi connectivity index (χ4n) is 4.69. The van der Waals surface area contributed by atoms with Gasteiger partial charge in [-0.25, -0.2) is 0 Å². The van der Waals surface area contributed by atoms with Crippen LogP contribution in [0.4, 0.5) is 0 Å². The monoisotopic (exact) mass is 349 g/mol. The lowest BCUT2D eigenvalue weighted by molar-refractivity contribution is -0.132. The summed E-state index contributed by atoms with van der Waals surface area (Å²) in [6.45, 7) is 0.896. The van der Waals surface area contributed by atoms with E-state index in [0.717, 1.165) is 44.4 Å². The average Bonchev–Trinajstić information content (AvgIpc) is 3.30. The van der Waals surface area contributed by atoms with E-state index in [1.807, 2.05) is 12.1 Å². The van der Waals surface area contributed by atoms with Crippen molar-refractivity contribution in [2.75, 3.05) is 13.7 Å². The van der Waals surface area contributed by atoms with E-state index in [1.165, 1.54) is 16.7 Å². The molecular weight excluding hydrogens is 322 g/mol. The van der Waals surface area contributed by atoms with Gasteiger partial charge in [0.25, 0.3) is 0 Å². The summed E-state index contributed by atoms with van der Waals surface area (Å²) in [6, 6.07) is 17.1. The summed E-state index contributed by atoms with van der Waals surface area (Å²) >= 11 is 0. The first-order chi connectivity index (χ1) is 12.8. The topological polar surface area (TPSA) is 29.5 Å². The first kappa shape index (κ1) is 17.1. The van der Waals surface area contributed by atoms with Crippen LogP contribution < -0.4 is 4.74 Å². The molecule has 1 amide bonds. The second-order valence-corrected chi connectivity index (χ2v) is 7.54. The highest BCUT2D eigenvalue weighted by Crippen LogP contribution is 2.36. The normalized spacial score (nSPS) is 21.7. The van der Waals surface area contributed by atoms with E-state index in [0.29, 0.717) is 24.3 Å². The van der Waals surface area contributed by atoms with Gasteiger partial charge in [-0.05, 0) is 60.8 Å². The van der Waals surface area contributed by atoms with Gasteiger partial charge in [-0.3, -0.25) is 4.79 Å². The maximum absolute atomic E-state index is 13.1. The van der Waals surface area contributed by atoms with Crippen LogP contribution >= 0.6 is 0 Å². The molecule has 0 saturated carbocycles. The predicted octanol–water partition coefficient (Wildman–Crippen LogP) is 4.35. The molecular formula is C23H27NO2. The summed E-state index contributed by atoms with van der Waals surface area (Å²) in [5.74, 6) is 1.65. The Balaban J connectivity index is 1.44. The molecule has 2 aromatic carbocycles. The Morgan fingerprint density at radius 1 is 1.12 bits per heavy atom. The van der Waals surface area contributed by atoms with Gasteiger partial charge >= 0.3 is 0 Å². The molecule has 0 bridgehead atoms. The minimum atomic E-state index is 0.301. The van der Waals surface area contributed by atoms with Gasteiger partial charge < -0.3 is 9.64 Å². The highest BCUT2D eigenvalue weighted by Gasteiger charge is 2.32. The van der Waals surface area contributed by atoms with Gasteiger partial charge in [0.05, 0.1) is 7.11 Å². The number of carbonyl (C=O) groups is 1. The largest absolute Gasteiger partial charge is 0.496 e. The van der Waals surface area contributed by atoms with Gasteiger partial charge in [-0.2, -0.15) is 0 Å². The van der Waals surface area contributed by atoms with Crippen molar-refractivity contribution >= 4 is 5.91 Å². The summed E-state index contributed by atoms with van der Waals surface area (Å²) in [5.41, 5.74) is 4.02. The molecule has 2 atom stereocenters. The smallest absolute Gasteiger partial charge is 0.223 e. The standard InChI is InChI=1S/C23H27NO2/c1-26-22-11-5-3-8-19(22)15-20-9-6-14-24(20)23(25)16-18-13-12-17-7-2-4-10-21(17)18/h2-5,7-8,10-11,18,20H,6,9,12-16H2,1H3. The molecule has 2 aliphatic rings. The Kier molecular flexibility index (Phi) is 4.96. The van der Waals surface area contributed by atoms with Crippen molar-refractivity contribution in [2.24, 2.45) is 0 Å². The lowest BCUT2D eigenvalue weighted by atomic mass is 9.96. The van der Waals surface area contributed by atoms with Crippen molar-refractivity contribution in [3.05, 3.63) is 65.2 Å². The number of amides is 1. The van der Waals surface area contributed by atoms with Gasteiger partial charge in [0, 0.05) is 19.0 Å². The summed E-state index contributed by atoms with van der Waals surface area (Å²) in [7, 11) is 1.72. The molecule has 2 aromatic rings. The maximum Gasteiger partial charge on any atom is 0.223 e. The minimum absolute atomic E-state index is 0.301. The van der Waals surface area contributed by atoms with Crippen molar-refractivity contribution in [1.82, 2.24) is 4.90 Å². The number of hydrogen-bond acceptors (Lipinski definition) is 2. The van der Waals surface area contributed by atoms with Gasteiger partial charge in [0.1, 0.15) is 5.75 Å². The number of ether oxygens (including phenoxy) is 1. The Bertz CT molecular complexity index is 785. The Morgan fingerprint density at radius 3 is 2.81 bits per heavy atom. The summed E-state index contributed by atoms with van der Waals surface area (Å²) < 4.78 is 5.49. The number of benzene rings is 2. The Hall–Kier alpha value is -2.29. The molecule has 0 N–H and O–H groups in total. The van der Waals surface area contributed by atoms with Crippen molar-refractivity contribution in [2.45, 2.75) is 50.5 Å². The van der Waals surface area contributed by atoms with Crippen LogP contribution in [0.2, 0.25) is 0 Å². The lowest BCUT2D eigenvalue weighted by Crippen LogP contribution is -2.37. The molecule has 0 aromatic heterocycles. The number of fused-ring (bicyclic) bond motifs is 1. The lowest BCUT2D eigenvalue weighted by Gasteiger charge is -2.27. The number of methoxy groups -OCH3 is 1. The van der Waals surface area contributed by atoms with Crippen molar-refractivity contribution in [3.63, 3.8) is 0 Å². The molecule has 1 saturated heterocycles. The molecule has 3 nitrogen and oxygen atoms in total. The predicted molar refractivity (Wildman–Crippen MR) is 104 cm³/mol. The van der Waals surface area contributed by atoms with Crippen LogP contribution in [-0.4, -0.2) is 30.5 Å². The Labute approximate surface area is 156 Å². The molecule has 26 heavy (non-hydrogen) atoms. The van der Waals surface area contributed by atoms with Gasteiger partial charge in [0.15, 0.2) is 0 Å². The zero-order valence-corrected chi connectivity index (χ0v) is 15.5. The van der Waals surface area contributed by atoms with E-state index in [4.69, 9.17) is 4.74 Å².